The van der Waals surface area contributed by atoms with Crippen LogP contribution in [0.15, 0.2) is 72.9 Å². The molecule has 0 radical (unpaired) electrons. The molecule has 0 bridgehead atoms. The maximum Gasteiger partial charge on any atom is 0.274 e. The predicted molar refractivity (Wildman–Crippen MR) is 107 cm³/mol. The zero-order valence-electron chi connectivity index (χ0n) is 15.1. The van der Waals surface area contributed by atoms with Crippen LogP contribution in [-0.2, 0) is 0 Å². The molecule has 2 amide bonds. The van der Waals surface area contributed by atoms with Crippen molar-refractivity contribution in [3.05, 3.63) is 84.2 Å². The highest BCUT2D eigenvalue weighted by Gasteiger charge is 2.12. The first-order valence-electron chi connectivity index (χ1n) is 8.44. The Kier molecular flexibility index (Phi) is 5.47. The Labute approximate surface area is 157 Å². The molecule has 0 atom stereocenters. The maximum absolute atomic E-state index is 12.5. The van der Waals surface area contributed by atoms with Gasteiger partial charge in [-0.15, -0.1) is 0 Å². The Morgan fingerprint density at radius 2 is 1.44 bits per heavy atom. The van der Waals surface area contributed by atoms with Crippen LogP contribution in [0.5, 0.6) is 0 Å². The summed E-state index contributed by atoms with van der Waals surface area (Å²) in [6, 6.07) is 19.6. The van der Waals surface area contributed by atoms with Crippen LogP contribution in [-0.4, -0.2) is 30.9 Å². The van der Waals surface area contributed by atoms with E-state index in [4.69, 9.17) is 0 Å². The van der Waals surface area contributed by atoms with Crippen LogP contribution in [0, 0.1) is 0 Å². The molecule has 0 aliphatic carbocycles. The molecule has 6 nitrogen and oxygen atoms in total. The predicted octanol–water partition coefficient (Wildman–Crippen LogP) is 3.65. The molecule has 2 aromatic carbocycles. The number of carbonyl (C=O) groups is 2. The second-order valence-corrected chi connectivity index (χ2v) is 6.15. The van der Waals surface area contributed by atoms with Gasteiger partial charge in [-0.2, -0.15) is 0 Å². The summed E-state index contributed by atoms with van der Waals surface area (Å²) in [4.78, 5) is 30.9. The number of nitrogens with one attached hydrogen (secondary N) is 2. The van der Waals surface area contributed by atoms with E-state index in [0.717, 1.165) is 5.69 Å². The minimum atomic E-state index is -0.373. The third-order valence-electron chi connectivity index (χ3n) is 3.93. The lowest BCUT2D eigenvalue weighted by molar-refractivity contribution is 0.102. The average molecular weight is 360 g/mol. The van der Waals surface area contributed by atoms with Crippen molar-refractivity contribution >= 4 is 28.9 Å². The van der Waals surface area contributed by atoms with E-state index >= 15 is 0 Å². The summed E-state index contributed by atoms with van der Waals surface area (Å²) in [7, 11) is 3.90. The minimum absolute atomic E-state index is 0.174. The minimum Gasteiger partial charge on any atom is -0.378 e. The first-order valence-corrected chi connectivity index (χ1v) is 8.44. The fourth-order valence-electron chi connectivity index (χ4n) is 2.46. The molecule has 3 rings (SSSR count). The van der Waals surface area contributed by atoms with Crippen LogP contribution in [0.25, 0.3) is 0 Å². The molecular formula is C21H20N4O2. The normalized spacial score (nSPS) is 10.1. The summed E-state index contributed by atoms with van der Waals surface area (Å²) in [5, 5.41) is 5.58. The van der Waals surface area contributed by atoms with Crippen LogP contribution < -0.4 is 15.5 Å². The van der Waals surface area contributed by atoms with Crippen molar-refractivity contribution in [2.45, 2.75) is 0 Å². The fraction of sp³-hybridized carbons (Fsp3) is 0.0952. The van der Waals surface area contributed by atoms with Crippen LogP contribution in [0.2, 0.25) is 0 Å². The fourth-order valence-corrected chi connectivity index (χ4v) is 2.46. The Balaban J connectivity index is 1.70. The summed E-state index contributed by atoms with van der Waals surface area (Å²) in [5.41, 5.74) is 2.91. The highest BCUT2D eigenvalue weighted by molar-refractivity contribution is 6.07. The number of carbonyl (C=O) groups excluding carboxylic acids is 2. The molecule has 136 valence electrons. The van der Waals surface area contributed by atoms with E-state index in [1.54, 1.807) is 18.2 Å². The van der Waals surface area contributed by atoms with Crippen molar-refractivity contribution in [3.63, 3.8) is 0 Å². The van der Waals surface area contributed by atoms with E-state index in [1.165, 1.54) is 12.3 Å². The second-order valence-electron chi connectivity index (χ2n) is 6.15. The number of anilines is 3. The van der Waals surface area contributed by atoms with Gasteiger partial charge in [-0.05, 0) is 48.5 Å². The van der Waals surface area contributed by atoms with E-state index in [9.17, 15) is 9.59 Å². The molecule has 0 spiro atoms. The monoisotopic (exact) mass is 360 g/mol. The van der Waals surface area contributed by atoms with Gasteiger partial charge in [-0.3, -0.25) is 14.6 Å². The molecule has 3 aromatic rings. The first kappa shape index (κ1) is 18.1. The van der Waals surface area contributed by atoms with Crippen molar-refractivity contribution < 1.29 is 9.59 Å². The van der Waals surface area contributed by atoms with Crippen LogP contribution in [0.3, 0.4) is 0 Å². The van der Waals surface area contributed by atoms with Crippen molar-refractivity contribution in [2.24, 2.45) is 0 Å². The van der Waals surface area contributed by atoms with Crippen molar-refractivity contribution in [3.8, 4) is 0 Å². The van der Waals surface area contributed by atoms with E-state index in [2.05, 4.69) is 15.6 Å². The highest BCUT2D eigenvalue weighted by Crippen LogP contribution is 2.16. The topological polar surface area (TPSA) is 74.3 Å². The summed E-state index contributed by atoms with van der Waals surface area (Å²) >= 11 is 0. The van der Waals surface area contributed by atoms with Gasteiger partial charge in [-0.25, -0.2) is 0 Å². The summed E-state index contributed by atoms with van der Waals surface area (Å²) in [5.74, 6) is -0.671. The third kappa shape index (κ3) is 4.70. The molecular weight excluding hydrogens is 340 g/mol. The van der Waals surface area contributed by atoms with E-state index in [1.807, 2.05) is 61.5 Å². The third-order valence-corrected chi connectivity index (χ3v) is 3.93. The van der Waals surface area contributed by atoms with Gasteiger partial charge in [0.05, 0.1) is 0 Å². The Bertz CT molecular complexity index is 938. The molecule has 0 unspecified atom stereocenters. The molecule has 1 heterocycles. The number of pyridine rings is 1. The number of rotatable bonds is 5. The van der Waals surface area contributed by atoms with E-state index in [0.29, 0.717) is 16.9 Å². The molecule has 6 heteroatoms. The SMILES string of the molecule is CN(C)c1ccc(NC(=O)c2cc(C(=O)Nc3ccccc3)ccn2)cc1. The number of aromatic nitrogens is 1. The Morgan fingerprint density at radius 3 is 2.11 bits per heavy atom. The van der Waals surface area contributed by atoms with Gasteiger partial charge in [-0.1, -0.05) is 18.2 Å². The zero-order valence-corrected chi connectivity index (χ0v) is 15.1. The van der Waals surface area contributed by atoms with Gasteiger partial charge in [0, 0.05) is 42.9 Å². The van der Waals surface area contributed by atoms with Crippen LogP contribution in [0.4, 0.5) is 17.1 Å². The highest BCUT2D eigenvalue weighted by atomic mass is 16.2. The number of nitrogens with zero attached hydrogens (tertiary/aromatic N) is 2. The number of hydrogen-bond donors (Lipinski definition) is 2. The zero-order chi connectivity index (χ0) is 19.2. The molecule has 1 aromatic heterocycles. The molecule has 0 fully saturated rings. The number of para-hydroxylation sites is 1. The number of amides is 2. The molecule has 0 saturated heterocycles. The molecule has 0 aliphatic rings. The van der Waals surface area contributed by atoms with Gasteiger partial charge in [0.1, 0.15) is 5.69 Å². The summed E-state index contributed by atoms with van der Waals surface area (Å²) in [6.07, 6.45) is 1.45. The standard InChI is InChI=1S/C21H20N4O2/c1-25(2)18-10-8-17(9-11-18)24-21(27)19-14-15(12-13-22-19)20(26)23-16-6-4-3-5-7-16/h3-14H,1-2H3,(H,23,26)(H,24,27). The lowest BCUT2D eigenvalue weighted by atomic mass is 10.2. The summed E-state index contributed by atoms with van der Waals surface area (Å²) < 4.78 is 0. The van der Waals surface area contributed by atoms with Crippen molar-refractivity contribution in [1.29, 1.82) is 0 Å². The summed E-state index contributed by atoms with van der Waals surface area (Å²) in [6.45, 7) is 0. The second kappa shape index (κ2) is 8.14. The van der Waals surface area contributed by atoms with Crippen LogP contribution in [0.1, 0.15) is 20.8 Å². The number of benzene rings is 2. The smallest absolute Gasteiger partial charge is 0.274 e. The molecule has 2 N–H and O–H groups in total. The molecule has 0 aliphatic heterocycles. The lowest BCUT2D eigenvalue weighted by Gasteiger charge is -2.13. The Morgan fingerprint density at radius 1 is 0.815 bits per heavy atom. The van der Waals surface area contributed by atoms with Gasteiger partial charge in [0.2, 0.25) is 0 Å². The maximum atomic E-state index is 12.5. The lowest BCUT2D eigenvalue weighted by Crippen LogP contribution is -2.17. The van der Waals surface area contributed by atoms with Gasteiger partial charge in [0.15, 0.2) is 0 Å². The van der Waals surface area contributed by atoms with E-state index < -0.39 is 0 Å². The van der Waals surface area contributed by atoms with Crippen molar-refractivity contribution in [2.75, 3.05) is 29.6 Å². The Hall–Kier alpha value is -3.67. The largest absolute Gasteiger partial charge is 0.378 e. The molecule has 0 saturated carbocycles. The number of hydrogen-bond acceptors (Lipinski definition) is 4. The first-order chi connectivity index (χ1) is 13.0. The van der Waals surface area contributed by atoms with Gasteiger partial charge < -0.3 is 15.5 Å². The quantitative estimate of drug-likeness (QED) is 0.728. The molecule has 27 heavy (non-hydrogen) atoms. The average Bonchev–Trinajstić information content (AvgIpc) is 2.69. The van der Waals surface area contributed by atoms with Crippen LogP contribution >= 0.6 is 0 Å². The van der Waals surface area contributed by atoms with Crippen molar-refractivity contribution in [1.82, 2.24) is 4.98 Å². The van der Waals surface area contributed by atoms with E-state index in [-0.39, 0.29) is 17.5 Å². The van der Waals surface area contributed by atoms with Gasteiger partial charge >= 0.3 is 0 Å². The van der Waals surface area contributed by atoms with Gasteiger partial charge in [0.25, 0.3) is 11.8 Å².